The number of rotatable bonds is 1. The van der Waals surface area contributed by atoms with E-state index in [2.05, 4.69) is 27.3 Å². The summed E-state index contributed by atoms with van der Waals surface area (Å²) in [6.07, 6.45) is 1.22. The minimum absolute atomic E-state index is 0.528. The molecule has 2 rings (SSSR count). The molecule has 1 aromatic rings. The molecule has 1 aliphatic rings. The minimum atomic E-state index is 0.528. The first kappa shape index (κ1) is 8.08. The maximum absolute atomic E-state index is 5.64. The van der Waals surface area contributed by atoms with Gasteiger partial charge in [-0.25, -0.2) is 0 Å². The molecule has 1 aromatic carbocycles. The Kier molecular flexibility index (Phi) is 2.07. The number of nitrogens with two attached hydrogens (primary N) is 1. The number of hydrogen-bond acceptors (Lipinski definition) is 2. The van der Waals surface area contributed by atoms with Crippen LogP contribution < -0.4 is 11.1 Å². The molecule has 0 amide bonds. The second-order valence-electron chi connectivity index (χ2n) is 3.08. The second-order valence-corrected chi connectivity index (χ2v) is 3.93. The first-order chi connectivity index (χ1) is 5.77. The zero-order valence-corrected chi connectivity index (χ0v) is 8.26. The van der Waals surface area contributed by atoms with E-state index >= 15 is 0 Å². The van der Waals surface area contributed by atoms with E-state index in [-0.39, 0.29) is 0 Å². The summed E-state index contributed by atoms with van der Waals surface area (Å²) in [5.74, 6) is 0. The van der Waals surface area contributed by atoms with Gasteiger partial charge in [0.15, 0.2) is 0 Å². The third-order valence-corrected chi connectivity index (χ3v) is 2.91. The summed E-state index contributed by atoms with van der Waals surface area (Å²) in [5.41, 5.74) is 7.76. The Balaban J connectivity index is 2.31. The number of hydrogen-bond donors (Lipinski definition) is 2. The predicted molar refractivity (Wildman–Crippen MR) is 53.9 cm³/mol. The van der Waals surface area contributed by atoms with Crippen molar-refractivity contribution in [2.75, 3.05) is 12.3 Å². The van der Waals surface area contributed by atoms with Crippen LogP contribution in [0.3, 0.4) is 0 Å². The van der Waals surface area contributed by atoms with Crippen LogP contribution >= 0.6 is 15.9 Å². The molecule has 0 spiro atoms. The van der Waals surface area contributed by atoms with E-state index in [4.69, 9.17) is 5.73 Å². The predicted octanol–water partition coefficient (Wildman–Crippen LogP) is 2.07. The Morgan fingerprint density at radius 1 is 1.50 bits per heavy atom. The van der Waals surface area contributed by atoms with Crippen LogP contribution in [0.5, 0.6) is 0 Å². The van der Waals surface area contributed by atoms with Crippen LogP contribution in [0.15, 0.2) is 22.7 Å². The number of anilines is 1. The molecule has 3 N–H and O–H groups in total. The molecule has 64 valence electrons. The van der Waals surface area contributed by atoms with Crippen LogP contribution in [-0.2, 0) is 0 Å². The summed E-state index contributed by atoms with van der Waals surface area (Å²) >= 11 is 3.50. The van der Waals surface area contributed by atoms with Gasteiger partial charge in [0.25, 0.3) is 0 Å². The van der Waals surface area contributed by atoms with Crippen molar-refractivity contribution in [3.8, 4) is 0 Å². The SMILES string of the molecule is Nc1ccc([C@@H]2CCN2)c(Br)c1. The molecule has 3 heteroatoms. The minimum Gasteiger partial charge on any atom is -0.399 e. The normalized spacial score (nSPS) is 21.9. The summed E-state index contributed by atoms with van der Waals surface area (Å²) in [7, 11) is 0. The highest BCUT2D eigenvalue weighted by Gasteiger charge is 2.20. The molecule has 1 heterocycles. The van der Waals surface area contributed by atoms with Crippen molar-refractivity contribution >= 4 is 21.6 Å². The Morgan fingerprint density at radius 2 is 2.25 bits per heavy atom. The van der Waals surface area contributed by atoms with E-state index in [1.165, 1.54) is 12.0 Å². The van der Waals surface area contributed by atoms with Crippen molar-refractivity contribution in [1.29, 1.82) is 0 Å². The van der Waals surface area contributed by atoms with Gasteiger partial charge in [-0.05, 0) is 30.7 Å². The van der Waals surface area contributed by atoms with E-state index in [1.54, 1.807) is 0 Å². The highest BCUT2D eigenvalue weighted by atomic mass is 79.9. The number of benzene rings is 1. The van der Waals surface area contributed by atoms with Crippen LogP contribution in [0, 0.1) is 0 Å². The van der Waals surface area contributed by atoms with Crippen molar-refractivity contribution in [3.63, 3.8) is 0 Å². The third-order valence-electron chi connectivity index (χ3n) is 2.22. The average Bonchev–Trinajstić information content (AvgIpc) is 1.91. The molecule has 0 radical (unpaired) electrons. The van der Waals surface area contributed by atoms with Gasteiger partial charge in [0.2, 0.25) is 0 Å². The number of nitrogen functional groups attached to an aromatic ring is 1. The van der Waals surface area contributed by atoms with Crippen molar-refractivity contribution in [2.45, 2.75) is 12.5 Å². The van der Waals surface area contributed by atoms with Gasteiger partial charge in [-0.15, -0.1) is 0 Å². The van der Waals surface area contributed by atoms with Gasteiger partial charge in [-0.3, -0.25) is 0 Å². The molecule has 1 atom stereocenters. The van der Waals surface area contributed by atoms with Gasteiger partial charge >= 0.3 is 0 Å². The fourth-order valence-electron chi connectivity index (χ4n) is 1.38. The fraction of sp³-hybridized carbons (Fsp3) is 0.333. The monoisotopic (exact) mass is 226 g/mol. The quantitative estimate of drug-likeness (QED) is 0.720. The number of nitrogens with one attached hydrogen (secondary N) is 1. The maximum Gasteiger partial charge on any atom is 0.0343 e. The molecular formula is C9H11BrN2. The Bertz CT molecular complexity index is 295. The molecule has 1 saturated heterocycles. The zero-order valence-electron chi connectivity index (χ0n) is 6.68. The lowest BCUT2D eigenvalue weighted by atomic mass is 9.98. The van der Waals surface area contributed by atoms with Crippen molar-refractivity contribution < 1.29 is 0 Å². The lowest BCUT2D eigenvalue weighted by Gasteiger charge is -2.28. The fourth-order valence-corrected chi connectivity index (χ4v) is 2.05. The molecule has 1 fully saturated rings. The van der Waals surface area contributed by atoms with Gasteiger partial charge in [0.1, 0.15) is 0 Å². The Labute approximate surface area is 80.3 Å². The van der Waals surface area contributed by atoms with Gasteiger partial charge in [-0.2, -0.15) is 0 Å². The standard InChI is InChI=1S/C9H11BrN2/c10-8-5-6(11)1-2-7(8)9-3-4-12-9/h1-2,5,9,12H,3-4,11H2/t9-/m0/s1. The second kappa shape index (κ2) is 3.07. The van der Waals surface area contributed by atoms with E-state index < -0.39 is 0 Å². The lowest BCUT2D eigenvalue weighted by molar-refractivity contribution is 0.382. The van der Waals surface area contributed by atoms with Crippen LogP contribution in [-0.4, -0.2) is 6.54 Å². The first-order valence-corrected chi connectivity index (χ1v) is 4.85. The van der Waals surface area contributed by atoms with Crippen molar-refractivity contribution in [2.24, 2.45) is 0 Å². The molecule has 0 aliphatic carbocycles. The summed E-state index contributed by atoms with van der Waals surface area (Å²) in [5, 5.41) is 3.35. The summed E-state index contributed by atoms with van der Waals surface area (Å²) < 4.78 is 1.11. The highest BCUT2D eigenvalue weighted by Crippen LogP contribution is 2.30. The number of halogens is 1. The first-order valence-electron chi connectivity index (χ1n) is 4.05. The largest absolute Gasteiger partial charge is 0.399 e. The van der Waals surface area contributed by atoms with Crippen LogP contribution in [0.2, 0.25) is 0 Å². The average molecular weight is 227 g/mol. The summed E-state index contributed by atoms with van der Waals surface area (Å²) in [6.45, 7) is 1.13. The molecule has 0 aromatic heterocycles. The highest BCUT2D eigenvalue weighted by molar-refractivity contribution is 9.10. The van der Waals surface area contributed by atoms with Crippen LogP contribution in [0.1, 0.15) is 18.0 Å². The van der Waals surface area contributed by atoms with Crippen LogP contribution in [0.25, 0.3) is 0 Å². The van der Waals surface area contributed by atoms with E-state index in [0.29, 0.717) is 6.04 Å². The molecule has 2 nitrogen and oxygen atoms in total. The van der Waals surface area contributed by atoms with E-state index in [0.717, 1.165) is 16.7 Å². The molecule has 0 unspecified atom stereocenters. The van der Waals surface area contributed by atoms with E-state index in [1.807, 2.05) is 12.1 Å². The molecule has 12 heavy (non-hydrogen) atoms. The van der Waals surface area contributed by atoms with Gasteiger partial charge in [0, 0.05) is 16.2 Å². The molecule has 1 aliphatic heterocycles. The van der Waals surface area contributed by atoms with Crippen molar-refractivity contribution in [1.82, 2.24) is 5.32 Å². The summed E-state index contributed by atoms with van der Waals surface area (Å²) in [6, 6.07) is 6.51. The van der Waals surface area contributed by atoms with E-state index in [9.17, 15) is 0 Å². The van der Waals surface area contributed by atoms with Gasteiger partial charge < -0.3 is 11.1 Å². The topological polar surface area (TPSA) is 38.0 Å². The molecular weight excluding hydrogens is 216 g/mol. The summed E-state index contributed by atoms with van der Waals surface area (Å²) in [4.78, 5) is 0. The zero-order chi connectivity index (χ0) is 8.55. The lowest BCUT2D eigenvalue weighted by Crippen LogP contribution is -2.35. The van der Waals surface area contributed by atoms with Crippen LogP contribution in [0.4, 0.5) is 5.69 Å². The molecule has 0 saturated carbocycles. The maximum atomic E-state index is 5.64. The van der Waals surface area contributed by atoms with Gasteiger partial charge in [0.05, 0.1) is 0 Å². The Hall–Kier alpha value is -0.540. The Morgan fingerprint density at radius 3 is 2.75 bits per heavy atom. The smallest absolute Gasteiger partial charge is 0.0343 e. The third kappa shape index (κ3) is 1.34. The van der Waals surface area contributed by atoms with Crippen molar-refractivity contribution in [3.05, 3.63) is 28.2 Å². The van der Waals surface area contributed by atoms with Gasteiger partial charge in [-0.1, -0.05) is 22.0 Å². The molecule has 0 bridgehead atoms.